The Bertz CT molecular complexity index is 637. The molecule has 0 aliphatic carbocycles. The fraction of sp³-hybridized carbons (Fsp3) is 0.167. The van der Waals surface area contributed by atoms with Crippen LogP contribution < -0.4 is 5.56 Å². The van der Waals surface area contributed by atoms with Crippen molar-refractivity contribution >= 4 is 11.6 Å². The van der Waals surface area contributed by atoms with E-state index in [1.165, 1.54) is 18.2 Å². The highest BCUT2D eigenvalue weighted by Gasteiger charge is 2.12. The van der Waals surface area contributed by atoms with Gasteiger partial charge in [-0.3, -0.25) is 4.79 Å². The van der Waals surface area contributed by atoms with Crippen molar-refractivity contribution in [3.63, 3.8) is 0 Å². The molecule has 1 N–H and O–H groups in total. The van der Waals surface area contributed by atoms with E-state index in [4.69, 9.17) is 11.6 Å². The molecule has 2 aromatic rings. The maximum Gasteiger partial charge on any atom is 0.274 e. The minimum Gasteiger partial charge on any atom is -0.323 e. The van der Waals surface area contributed by atoms with Crippen LogP contribution >= 0.6 is 11.6 Å². The molecule has 0 saturated heterocycles. The molecule has 0 aliphatic heterocycles. The van der Waals surface area contributed by atoms with Crippen molar-refractivity contribution in [2.24, 2.45) is 0 Å². The predicted octanol–water partition coefficient (Wildman–Crippen LogP) is 2.85. The lowest BCUT2D eigenvalue weighted by molar-refractivity contribution is 0.628. The Balaban J connectivity index is 2.72. The van der Waals surface area contributed by atoms with Crippen molar-refractivity contribution < 1.29 is 4.39 Å². The molecule has 0 atom stereocenters. The Morgan fingerprint density at radius 3 is 2.76 bits per heavy atom. The summed E-state index contributed by atoms with van der Waals surface area (Å²) in [5.41, 5.74) is 1.43. The predicted molar refractivity (Wildman–Crippen MR) is 64.7 cm³/mol. The molecular weight excluding hydrogens is 243 g/mol. The fourth-order valence-corrected chi connectivity index (χ4v) is 1.69. The zero-order valence-electron chi connectivity index (χ0n) is 9.34. The van der Waals surface area contributed by atoms with Gasteiger partial charge in [0, 0.05) is 11.3 Å². The smallest absolute Gasteiger partial charge is 0.274 e. The largest absolute Gasteiger partial charge is 0.323 e. The Morgan fingerprint density at radius 2 is 2.06 bits per heavy atom. The number of H-pyrrole nitrogens is 1. The van der Waals surface area contributed by atoms with Crippen LogP contribution in [0.5, 0.6) is 0 Å². The van der Waals surface area contributed by atoms with Crippen LogP contribution in [0.15, 0.2) is 23.0 Å². The molecule has 0 fully saturated rings. The van der Waals surface area contributed by atoms with Crippen LogP contribution in [-0.2, 0) is 0 Å². The molecule has 88 valence electrons. The van der Waals surface area contributed by atoms with E-state index in [0.717, 1.165) is 0 Å². The highest BCUT2D eigenvalue weighted by molar-refractivity contribution is 6.33. The molecule has 0 radical (unpaired) electrons. The van der Waals surface area contributed by atoms with Crippen molar-refractivity contribution in [2.45, 2.75) is 13.8 Å². The first-order chi connectivity index (χ1) is 7.99. The summed E-state index contributed by atoms with van der Waals surface area (Å²) < 4.78 is 13.1. The van der Waals surface area contributed by atoms with Crippen LogP contribution in [-0.4, -0.2) is 9.97 Å². The van der Waals surface area contributed by atoms with Crippen molar-refractivity contribution in [3.05, 3.63) is 50.8 Å². The number of benzene rings is 1. The number of nitrogens with zero attached hydrogens (tertiary/aromatic N) is 1. The average molecular weight is 253 g/mol. The summed E-state index contributed by atoms with van der Waals surface area (Å²) in [5.74, 6) is -0.455. The molecule has 1 aromatic heterocycles. The Kier molecular flexibility index (Phi) is 2.98. The second-order valence-corrected chi connectivity index (χ2v) is 4.16. The van der Waals surface area contributed by atoms with E-state index in [0.29, 0.717) is 22.0 Å². The highest BCUT2D eigenvalue weighted by atomic mass is 35.5. The molecule has 0 bridgehead atoms. The fourth-order valence-electron chi connectivity index (χ4n) is 1.48. The molecule has 17 heavy (non-hydrogen) atoms. The summed E-state index contributed by atoms with van der Waals surface area (Å²) in [4.78, 5) is 18.6. The average Bonchev–Trinajstić information content (AvgIpc) is 2.27. The monoisotopic (exact) mass is 252 g/mol. The summed E-state index contributed by atoms with van der Waals surface area (Å²) in [6.07, 6.45) is 0. The molecule has 0 saturated carbocycles. The van der Waals surface area contributed by atoms with E-state index < -0.39 is 5.82 Å². The Morgan fingerprint density at radius 1 is 1.35 bits per heavy atom. The van der Waals surface area contributed by atoms with Gasteiger partial charge in [0.2, 0.25) is 0 Å². The molecule has 3 nitrogen and oxygen atoms in total. The highest BCUT2D eigenvalue weighted by Crippen LogP contribution is 2.25. The van der Waals surface area contributed by atoms with Gasteiger partial charge in [0.05, 0.1) is 10.7 Å². The molecule has 0 aliphatic rings. The number of nitrogens with one attached hydrogen (secondary N) is 1. The molecule has 1 aromatic carbocycles. The number of aromatic amines is 1. The van der Waals surface area contributed by atoms with Crippen molar-refractivity contribution in [2.75, 3.05) is 0 Å². The summed E-state index contributed by atoms with van der Waals surface area (Å²) >= 11 is 5.94. The number of hydrogen-bond acceptors (Lipinski definition) is 2. The number of rotatable bonds is 1. The zero-order valence-corrected chi connectivity index (χ0v) is 10.1. The maximum atomic E-state index is 13.1. The van der Waals surface area contributed by atoms with Gasteiger partial charge in [0.25, 0.3) is 5.56 Å². The van der Waals surface area contributed by atoms with E-state index in [2.05, 4.69) is 9.97 Å². The van der Waals surface area contributed by atoms with Gasteiger partial charge < -0.3 is 4.98 Å². The SMILES string of the molecule is Cc1nc(-c2cc(F)ccc2Cl)c(=O)[nH]c1C. The van der Waals surface area contributed by atoms with Gasteiger partial charge in [-0.05, 0) is 32.0 Å². The lowest BCUT2D eigenvalue weighted by atomic mass is 10.1. The molecule has 2 rings (SSSR count). The molecular formula is C12H10ClFN2O. The lowest BCUT2D eigenvalue weighted by Crippen LogP contribution is -2.14. The first-order valence-electron chi connectivity index (χ1n) is 5.02. The quantitative estimate of drug-likeness (QED) is 0.848. The third-order valence-corrected chi connectivity index (χ3v) is 2.85. The number of aromatic nitrogens is 2. The van der Waals surface area contributed by atoms with E-state index in [9.17, 15) is 9.18 Å². The third-order valence-electron chi connectivity index (χ3n) is 2.52. The summed E-state index contributed by atoms with van der Waals surface area (Å²) in [5, 5.41) is 0.299. The van der Waals surface area contributed by atoms with Gasteiger partial charge in [-0.2, -0.15) is 0 Å². The normalized spacial score (nSPS) is 10.6. The van der Waals surface area contributed by atoms with E-state index in [1.807, 2.05) is 0 Å². The molecule has 5 heteroatoms. The van der Waals surface area contributed by atoms with Gasteiger partial charge in [0.15, 0.2) is 0 Å². The van der Waals surface area contributed by atoms with Crippen molar-refractivity contribution in [1.82, 2.24) is 9.97 Å². The Hall–Kier alpha value is -1.68. The van der Waals surface area contributed by atoms with E-state index in [-0.39, 0.29) is 11.3 Å². The van der Waals surface area contributed by atoms with E-state index in [1.54, 1.807) is 13.8 Å². The first-order valence-corrected chi connectivity index (χ1v) is 5.40. The van der Waals surface area contributed by atoms with Crippen LogP contribution in [0.4, 0.5) is 4.39 Å². The maximum absolute atomic E-state index is 13.1. The molecule has 0 amide bonds. The van der Waals surface area contributed by atoms with Gasteiger partial charge in [-0.25, -0.2) is 9.37 Å². The summed E-state index contributed by atoms with van der Waals surface area (Å²) in [6.45, 7) is 3.52. The number of hydrogen-bond donors (Lipinski definition) is 1. The summed E-state index contributed by atoms with van der Waals surface area (Å²) in [6, 6.07) is 3.85. The molecule has 1 heterocycles. The van der Waals surface area contributed by atoms with E-state index >= 15 is 0 Å². The second kappa shape index (κ2) is 4.30. The Labute approximate surface area is 102 Å². The van der Waals surface area contributed by atoms with Gasteiger partial charge >= 0.3 is 0 Å². The van der Waals surface area contributed by atoms with Crippen LogP contribution in [0.25, 0.3) is 11.3 Å². The molecule has 0 unspecified atom stereocenters. The van der Waals surface area contributed by atoms with Crippen LogP contribution in [0, 0.1) is 19.7 Å². The zero-order chi connectivity index (χ0) is 12.6. The number of aryl methyl sites for hydroxylation is 2. The first kappa shape index (κ1) is 11.8. The topological polar surface area (TPSA) is 45.8 Å². The minimum atomic E-state index is -0.455. The number of halogens is 2. The van der Waals surface area contributed by atoms with Gasteiger partial charge in [0.1, 0.15) is 11.5 Å². The van der Waals surface area contributed by atoms with Crippen molar-refractivity contribution in [1.29, 1.82) is 0 Å². The summed E-state index contributed by atoms with van der Waals surface area (Å²) in [7, 11) is 0. The van der Waals surface area contributed by atoms with Gasteiger partial charge in [-0.1, -0.05) is 11.6 Å². The van der Waals surface area contributed by atoms with Crippen LogP contribution in [0.2, 0.25) is 5.02 Å². The van der Waals surface area contributed by atoms with Crippen LogP contribution in [0.1, 0.15) is 11.4 Å². The third kappa shape index (κ3) is 2.22. The van der Waals surface area contributed by atoms with Gasteiger partial charge in [-0.15, -0.1) is 0 Å². The van der Waals surface area contributed by atoms with Crippen LogP contribution in [0.3, 0.4) is 0 Å². The van der Waals surface area contributed by atoms with Crippen molar-refractivity contribution in [3.8, 4) is 11.3 Å². The lowest BCUT2D eigenvalue weighted by Gasteiger charge is -2.05. The second-order valence-electron chi connectivity index (χ2n) is 3.75. The standard InChI is InChI=1S/C12H10ClFN2O/c1-6-7(2)16-12(17)11(15-6)9-5-8(14)3-4-10(9)13/h3-5H,1-2H3,(H,16,17). The molecule has 0 spiro atoms. The minimum absolute atomic E-state index is 0.137.